The third kappa shape index (κ3) is 3.18. The molecule has 0 radical (unpaired) electrons. The SMILES string of the molecule is Cc1c(CO)cccc1S(=O)(=O)Nc1c(F)cccc1Cl. The summed E-state index contributed by atoms with van der Waals surface area (Å²) in [5.41, 5.74) is 0.588. The summed E-state index contributed by atoms with van der Waals surface area (Å²) < 4.78 is 40.6. The predicted octanol–water partition coefficient (Wildman–Crippen LogP) is 3.08. The van der Waals surface area contributed by atoms with Crippen LogP contribution in [-0.4, -0.2) is 13.5 Å². The molecule has 0 aliphatic rings. The normalized spacial score (nSPS) is 11.4. The van der Waals surface area contributed by atoms with Gasteiger partial charge in [0.1, 0.15) is 11.5 Å². The highest BCUT2D eigenvalue weighted by molar-refractivity contribution is 7.92. The van der Waals surface area contributed by atoms with E-state index in [1.807, 2.05) is 0 Å². The number of anilines is 1. The van der Waals surface area contributed by atoms with Crippen LogP contribution in [-0.2, 0) is 16.6 Å². The van der Waals surface area contributed by atoms with Crippen molar-refractivity contribution in [1.29, 1.82) is 0 Å². The molecule has 0 spiro atoms. The predicted molar refractivity (Wildman–Crippen MR) is 79.3 cm³/mol. The Hall–Kier alpha value is -1.63. The zero-order valence-corrected chi connectivity index (χ0v) is 12.7. The largest absolute Gasteiger partial charge is 0.392 e. The molecule has 0 fully saturated rings. The van der Waals surface area contributed by atoms with Crippen molar-refractivity contribution in [2.24, 2.45) is 0 Å². The molecule has 2 rings (SSSR count). The molecular formula is C14H13ClFNO3S. The van der Waals surface area contributed by atoms with Gasteiger partial charge in [-0.15, -0.1) is 0 Å². The molecule has 0 unspecified atom stereocenters. The average molecular weight is 330 g/mol. The number of halogens is 2. The van der Waals surface area contributed by atoms with E-state index >= 15 is 0 Å². The number of benzene rings is 2. The lowest BCUT2D eigenvalue weighted by Crippen LogP contribution is -2.16. The van der Waals surface area contributed by atoms with E-state index < -0.39 is 15.8 Å². The first-order valence-corrected chi connectivity index (χ1v) is 7.89. The molecule has 4 nitrogen and oxygen atoms in total. The lowest BCUT2D eigenvalue weighted by molar-refractivity contribution is 0.280. The number of para-hydroxylation sites is 1. The molecule has 2 N–H and O–H groups in total. The van der Waals surface area contributed by atoms with Gasteiger partial charge < -0.3 is 5.11 Å². The van der Waals surface area contributed by atoms with E-state index in [9.17, 15) is 17.9 Å². The Morgan fingerprint density at radius 2 is 1.90 bits per heavy atom. The maximum atomic E-state index is 13.7. The van der Waals surface area contributed by atoms with E-state index in [2.05, 4.69) is 4.72 Å². The highest BCUT2D eigenvalue weighted by atomic mass is 35.5. The van der Waals surface area contributed by atoms with Gasteiger partial charge >= 0.3 is 0 Å². The second-order valence-electron chi connectivity index (χ2n) is 4.40. The van der Waals surface area contributed by atoms with E-state index in [-0.39, 0.29) is 22.2 Å². The van der Waals surface area contributed by atoms with Crippen molar-refractivity contribution in [2.75, 3.05) is 4.72 Å². The van der Waals surface area contributed by atoms with E-state index in [0.29, 0.717) is 11.1 Å². The van der Waals surface area contributed by atoms with Crippen molar-refractivity contribution in [3.63, 3.8) is 0 Å². The first kappa shape index (κ1) is 15.8. The Morgan fingerprint density at radius 1 is 1.24 bits per heavy atom. The Kier molecular flexibility index (Phi) is 4.51. The summed E-state index contributed by atoms with van der Waals surface area (Å²) in [6, 6.07) is 8.39. The van der Waals surface area contributed by atoms with Gasteiger partial charge in [-0.25, -0.2) is 12.8 Å². The van der Waals surface area contributed by atoms with Gasteiger partial charge in [-0.05, 0) is 36.2 Å². The standard InChI is InChI=1S/C14H13ClFNO3S/c1-9-10(8-18)4-2-7-13(9)21(19,20)17-14-11(15)5-3-6-12(14)16/h2-7,17-18H,8H2,1H3. The number of aliphatic hydroxyl groups excluding tert-OH is 1. The van der Waals surface area contributed by atoms with E-state index in [0.717, 1.165) is 6.07 Å². The average Bonchev–Trinajstić information content (AvgIpc) is 2.43. The van der Waals surface area contributed by atoms with Gasteiger partial charge in [0.25, 0.3) is 10.0 Å². The molecule has 112 valence electrons. The van der Waals surface area contributed by atoms with Crippen LogP contribution in [0.25, 0.3) is 0 Å². The van der Waals surface area contributed by atoms with Crippen molar-refractivity contribution in [1.82, 2.24) is 0 Å². The second-order valence-corrected chi connectivity index (χ2v) is 6.46. The highest BCUT2D eigenvalue weighted by Crippen LogP contribution is 2.28. The zero-order chi connectivity index (χ0) is 15.6. The number of rotatable bonds is 4. The summed E-state index contributed by atoms with van der Waals surface area (Å²) in [5.74, 6) is -0.762. The molecule has 2 aromatic carbocycles. The van der Waals surface area contributed by atoms with Crippen LogP contribution in [0, 0.1) is 12.7 Å². The van der Waals surface area contributed by atoms with Crippen LogP contribution in [0.1, 0.15) is 11.1 Å². The van der Waals surface area contributed by atoms with Crippen molar-refractivity contribution >= 4 is 27.3 Å². The number of hydrogen-bond donors (Lipinski definition) is 2. The third-order valence-electron chi connectivity index (χ3n) is 3.06. The summed E-state index contributed by atoms with van der Waals surface area (Å²) in [6.45, 7) is 1.29. The summed E-state index contributed by atoms with van der Waals surface area (Å²) >= 11 is 5.81. The minimum absolute atomic E-state index is 0.0328. The summed E-state index contributed by atoms with van der Waals surface area (Å²) in [7, 11) is -4.01. The van der Waals surface area contributed by atoms with Gasteiger partial charge in [0, 0.05) is 0 Å². The lowest BCUT2D eigenvalue weighted by atomic mass is 10.1. The number of sulfonamides is 1. The first-order valence-electron chi connectivity index (χ1n) is 6.03. The fourth-order valence-corrected chi connectivity index (χ4v) is 3.55. The monoisotopic (exact) mass is 329 g/mol. The summed E-state index contributed by atoms with van der Waals surface area (Å²) in [4.78, 5) is -0.0339. The first-order chi connectivity index (χ1) is 9.86. The molecule has 0 amide bonds. The molecule has 21 heavy (non-hydrogen) atoms. The van der Waals surface area contributed by atoms with Gasteiger partial charge in [0.2, 0.25) is 0 Å². The van der Waals surface area contributed by atoms with Crippen LogP contribution in [0.5, 0.6) is 0 Å². The van der Waals surface area contributed by atoms with Crippen LogP contribution in [0.4, 0.5) is 10.1 Å². The van der Waals surface area contributed by atoms with Crippen LogP contribution in [0.3, 0.4) is 0 Å². The molecular weight excluding hydrogens is 317 g/mol. The van der Waals surface area contributed by atoms with E-state index in [1.54, 1.807) is 13.0 Å². The van der Waals surface area contributed by atoms with Crippen LogP contribution >= 0.6 is 11.6 Å². The van der Waals surface area contributed by atoms with Crippen molar-refractivity contribution in [3.8, 4) is 0 Å². The molecule has 2 aromatic rings. The molecule has 7 heteroatoms. The highest BCUT2D eigenvalue weighted by Gasteiger charge is 2.21. The lowest BCUT2D eigenvalue weighted by Gasteiger charge is -2.13. The number of aliphatic hydroxyl groups is 1. The Morgan fingerprint density at radius 3 is 2.52 bits per heavy atom. The van der Waals surface area contributed by atoms with Crippen LogP contribution in [0.15, 0.2) is 41.3 Å². The fraction of sp³-hybridized carbons (Fsp3) is 0.143. The smallest absolute Gasteiger partial charge is 0.262 e. The molecule has 0 aliphatic carbocycles. The quantitative estimate of drug-likeness (QED) is 0.906. The van der Waals surface area contributed by atoms with E-state index in [4.69, 9.17) is 11.6 Å². The minimum Gasteiger partial charge on any atom is -0.392 e. The van der Waals surface area contributed by atoms with Crippen molar-refractivity contribution in [3.05, 3.63) is 58.4 Å². The molecule has 0 atom stereocenters. The zero-order valence-electron chi connectivity index (χ0n) is 11.1. The molecule has 0 aromatic heterocycles. The van der Waals surface area contributed by atoms with Gasteiger partial charge in [-0.1, -0.05) is 29.8 Å². The van der Waals surface area contributed by atoms with Gasteiger partial charge in [0.15, 0.2) is 0 Å². The Balaban J connectivity index is 2.49. The molecule has 0 heterocycles. The fourth-order valence-electron chi connectivity index (χ4n) is 1.91. The van der Waals surface area contributed by atoms with Crippen molar-refractivity contribution < 1.29 is 17.9 Å². The second kappa shape index (κ2) is 6.01. The number of hydrogen-bond acceptors (Lipinski definition) is 3. The van der Waals surface area contributed by atoms with E-state index in [1.165, 1.54) is 24.3 Å². The maximum Gasteiger partial charge on any atom is 0.262 e. The Labute approximate surface area is 127 Å². The van der Waals surface area contributed by atoms with Crippen LogP contribution in [0.2, 0.25) is 5.02 Å². The molecule has 0 aliphatic heterocycles. The van der Waals surface area contributed by atoms with Crippen molar-refractivity contribution in [2.45, 2.75) is 18.4 Å². The number of nitrogens with one attached hydrogen (secondary N) is 1. The molecule has 0 saturated carbocycles. The minimum atomic E-state index is -4.01. The molecule has 0 saturated heterocycles. The topological polar surface area (TPSA) is 66.4 Å². The Bertz CT molecular complexity index is 758. The van der Waals surface area contributed by atoms with Gasteiger partial charge in [0.05, 0.1) is 16.5 Å². The van der Waals surface area contributed by atoms with Gasteiger partial charge in [-0.3, -0.25) is 4.72 Å². The molecule has 0 bridgehead atoms. The summed E-state index contributed by atoms with van der Waals surface area (Å²) in [6.07, 6.45) is 0. The third-order valence-corrected chi connectivity index (χ3v) is 4.86. The van der Waals surface area contributed by atoms with Gasteiger partial charge in [-0.2, -0.15) is 0 Å². The summed E-state index contributed by atoms with van der Waals surface area (Å²) in [5, 5.41) is 9.16. The van der Waals surface area contributed by atoms with Crippen LogP contribution < -0.4 is 4.72 Å². The maximum absolute atomic E-state index is 13.7.